The van der Waals surface area contributed by atoms with Gasteiger partial charge in [-0.15, -0.1) is 0 Å². The van der Waals surface area contributed by atoms with Gasteiger partial charge in [0.2, 0.25) is 0 Å². The molecule has 0 saturated carbocycles. The number of ether oxygens (including phenoxy) is 9. The van der Waals surface area contributed by atoms with Crippen LogP contribution < -0.4 is 0 Å². The highest BCUT2D eigenvalue weighted by Gasteiger charge is 2.50. The largest absolute Gasteiger partial charge is 0.493 e. The van der Waals surface area contributed by atoms with E-state index in [1.807, 2.05) is 188 Å². The van der Waals surface area contributed by atoms with Crippen LogP contribution in [-0.4, -0.2) is 62.2 Å². The van der Waals surface area contributed by atoms with Crippen LogP contribution in [0, 0.1) is 0 Å². The predicted octanol–water partition coefficient (Wildman–Crippen LogP) is 9.78. The van der Waals surface area contributed by atoms with Crippen LogP contribution in [0.1, 0.15) is 33.4 Å². The van der Waals surface area contributed by atoms with Gasteiger partial charge >= 0.3 is 0 Å². The Kier molecular flexibility index (Phi) is 16.7. The SMILES string of the molecule is C1=C[C@@H](OCc2ccccc2)[C@H](OCc2ccccc2)[C@@H](CO[C@H]2O[C@H](COCc3ccccc3)[C@H](OCc3ccccc3)[C@H](OCc3ccccc3)[C@H]2OCc2ccccc2)O1. The molecule has 0 radical (unpaired) electrons. The Labute approximate surface area is 371 Å². The van der Waals surface area contributed by atoms with E-state index in [1.54, 1.807) is 6.26 Å². The fourth-order valence-corrected chi connectivity index (χ4v) is 7.71. The second-order valence-electron chi connectivity index (χ2n) is 15.7. The molecule has 1 saturated heterocycles. The molecule has 0 amide bonds. The molecule has 63 heavy (non-hydrogen) atoms. The van der Waals surface area contributed by atoms with Crippen LogP contribution >= 0.6 is 0 Å². The van der Waals surface area contributed by atoms with Crippen LogP contribution in [0.2, 0.25) is 0 Å². The zero-order chi connectivity index (χ0) is 42.7. The van der Waals surface area contributed by atoms with Crippen molar-refractivity contribution in [1.29, 1.82) is 0 Å². The van der Waals surface area contributed by atoms with Gasteiger partial charge in [-0.1, -0.05) is 182 Å². The molecule has 9 nitrogen and oxygen atoms in total. The summed E-state index contributed by atoms with van der Waals surface area (Å²) < 4.78 is 60.4. The fraction of sp³-hybridized carbons (Fsp3) is 0.296. The third kappa shape index (κ3) is 13.3. The molecule has 8 rings (SSSR count). The molecule has 6 aromatic rings. The summed E-state index contributed by atoms with van der Waals surface area (Å²) in [5.41, 5.74) is 6.20. The summed E-state index contributed by atoms with van der Waals surface area (Å²) in [5.74, 6) is 0. The zero-order valence-electron chi connectivity index (χ0n) is 35.4. The van der Waals surface area contributed by atoms with Gasteiger partial charge in [-0.25, -0.2) is 0 Å². The first-order valence-electron chi connectivity index (χ1n) is 21.7. The third-order valence-corrected chi connectivity index (χ3v) is 11.0. The Morgan fingerprint density at radius 2 is 0.714 bits per heavy atom. The molecule has 0 aliphatic carbocycles. The average molecular weight is 849 g/mol. The maximum atomic E-state index is 6.97. The van der Waals surface area contributed by atoms with Gasteiger partial charge in [0.15, 0.2) is 12.4 Å². The highest BCUT2D eigenvalue weighted by molar-refractivity contribution is 5.18. The van der Waals surface area contributed by atoms with Crippen molar-refractivity contribution in [3.05, 3.63) is 228 Å². The summed E-state index contributed by atoms with van der Waals surface area (Å²) in [4.78, 5) is 0. The summed E-state index contributed by atoms with van der Waals surface area (Å²) in [6.45, 7) is 2.43. The number of hydrogen-bond acceptors (Lipinski definition) is 9. The Balaban J connectivity index is 1.08. The van der Waals surface area contributed by atoms with Crippen LogP contribution in [0.5, 0.6) is 0 Å². The van der Waals surface area contributed by atoms with Crippen LogP contribution in [0.3, 0.4) is 0 Å². The van der Waals surface area contributed by atoms with Gasteiger partial charge in [-0.3, -0.25) is 0 Å². The predicted molar refractivity (Wildman–Crippen MR) is 240 cm³/mol. The van der Waals surface area contributed by atoms with E-state index in [4.69, 9.17) is 42.6 Å². The lowest BCUT2D eigenvalue weighted by atomic mass is 9.97. The van der Waals surface area contributed by atoms with Gasteiger partial charge in [0.25, 0.3) is 0 Å². The lowest BCUT2D eigenvalue weighted by Crippen LogP contribution is -2.62. The lowest BCUT2D eigenvalue weighted by molar-refractivity contribution is -0.332. The van der Waals surface area contributed by atoms with Crippen molar-refractivity contribution in [3.8, 4) is 0 Å². The molecule has 0 unspecified atom stereocenters. The van der Waals surface area contributed by atoms with E-state index in [2.05, 4.69) is 0 Å². The summed E-state index contributed by atoms with van der Waals surface area (Å²) in [6.07, 6.45) is -1.37. The first-order valence-corrected chi connectivity index (χ1v) is 21.7. The van der Waals surface area contributed by atoms with Gasteiger partial charge < -0.3 is 42.6 Å². The van der Waals surface area contributed by atoms with E-state index in [-0.39, 0.29) is 13.2 Å². The molecule has 2 heterocycles. The maximum absolute atomic E-state index is 6.97. The van der Waals surface area contributed by atoms with E-state index in [0.717, 1.165) is 33.4 Å². The molecule has 0 bridgehead atoms. The topological polar surface area (TPSA) is 83.1 Å². The number of benzene rings is 6. The summed E-state index contributed by atoms with van der Waals surface area (Å²) >= 11 is 0. The van der Waals surface area contributed by atoms with Crippen molar-refractivity contribution in [2.75, 3.05) is 13.2 Å². The number of hydrogen-bond donors (Lipinski definition) is 0. The molecule has 0 aromatic heterocycles. The van der Waals surface area contributed by atoms with Crippen LogP contribution in [-0.2, 0) is 82.3 Å². The minimum absolute atomic E-state index is 0.101. The molecule has 9 heteroatoms. The summed E-state index contributed by atoms with van der Waals surface area (Å²) in [7, 11) is 0. The van der Waals surface area contributed by atoms with Gasteiger partial charge in [0.05, 0.1) is 59.1 Å². The zero-order valence-corrected chi connectivity index (χ0v) is 35.4. The second kappa shape index (κ2) is 23.8. The molecular weight excluding hydrogens is 793 g/mol. The van der Waals surface area contributed by atoms with Crippen molar-refractivity contribution in [3.63, 3.8) is 0 Å². The molecule has 2 aliphatic rings. The van der Waals surface area contributed by atoms with E-state index >= 15 is 0 Å². The summed E-state index contributed by atoms with van der Waals surface area (Å²) in [5, 5.41) is 0. The summed E-state index contributed by atoms with van der Waals surface area (Å²) in [6, 6.07) is 60.6. The quantitative estimate of drug-likeness (QED) is 0.0664. The lowest BCUT2D eigenvalue weighted by Gasteiger charge is -2.46. The molecule has 6 aromatic carbocycles. The van der Waals surface area contributed by atoms with Crippen molar-refractivity contribution in [2.24, 2.45) is 0 Å². The Hall–Kier alpha value is -5.46. The van der Waals surface area contributed by atoms with Gasteiger partial charge in [0, 0.05) is 0 Å². The Bertz CT molecular complexity index is 2180. The van der Waals surface area contributed by atoms with Crippen molar-refractivity contribution >= 4 is 0 Å². The smallest absolute Gasteiger partial charge is 0.187 e. The Morgan fingerprint density at radius 1 is 0.333 bits per heavy atom. The highest BCUT2D eigenvalue weighted by Crippen LogP contribution is 2.33. The molecule has 0 spiro atoms. The van der Waals surface area contributed by atoms with E-state index < -0.39 is 49.0 Å². The molecule has 2 aliphatic heterocycles. The number of rotatable bonds is 22. The van der Waals surface area contributed by atoms with Gasteiger partial charge in [-0.05, 0) is 39.5 Å². The van der Waals surface area contributed by atoms with Crippen molar-refractivity contribution in [1.82, 2.24) is 0 Å². The van der Waals surface area contributed by atoms with Crippen molar-refractivity contribution in [2.45, 2.75) is 88.7 Å². The highest BCUT2D eigenvalue weighted by atomic mass is 16.7. The van der Waals surface area contributed by atoms with Crippen LogP contribution in [0.4, 0.5) is 0 Å². The molecule has 326 valence electrons. The average Bonchev–Trinajstić information content (AvgIpc) is 3.35. The van der Waals surface area contributed by atoms with Crippen LogP contribution in [0.25, 0.3) is 0 Å². The third-order valence-electron chi connectivity index (χ3n) is 11.0. The van der Waals surface area contributed by atoms with E-state index in [9.17, 15) is 0 Å². The molecule has 0 N–H and O–H groups in total. The minimum Gasteiger partial charge on any atom is -0.493 e. The molecular formula is C54H56O9. The van der Waals surface area contributed by atoms with E-state index in [1.165, 1.54) is 0 Å². The monoisotopic (exact) mass is 848 g/mol. The van der Waals surface area contributed by atoms with Crippen molar-refractivity contribution < 1.29 is 42.6 Å². The second-order valence-corrected chi connectivity index (χ2v) is 15.7. The van der Waals surface area contributed by atoms with Gasteiger partial charge in [0.1, 0.15) is 36.6 Å². The first-order chi connectivity index (χ1) is 31.2. The minimum atomic E-state index is -0.913. The molecule has 8 atom stereocenters. The normalized spacial score (nSPS) is 23.2. The van der Waals surface area contributed by atoms with Gasteiger partial charge in [-0.2, -0.15) is 0 Å². The standard InChI is InChI=1S/C54H56O9/c1-7-19-41(20-8-1)33-55-39-49-51(59-36-44-25-13-4-14-26-44)52(60-37-45-27-15-5-16-28-45)53(61-38-46-29-17-6-18-30-46)54(63-49)62-40-48-50(58-35-43-23-11-3-12-24-43)47(31-32-56-48)57-34-42-21-9-2-10-22-42/h1-32,47-54H,33-40H2/t47-,48-,49-,50+,51+,52+,53-,54+/m1/s1. The molecule has 1 fully saturated rings. The first kappa shape index (κ1) is 44.2. The Morgan fingerprint density at radius 3 is 1.17 bits per heavy atom. The fourth-order valence-electron chi connectivity index (χ4n) is 7.71. The maximum Gasteiger partial charge on any atom is 0.187 e. The van der Waals surface area contributed by atoms with Crippen LogP contribution in [0.15, 0.2) is 194 Å². The van der Waals surface area contributed by atoms with E-state index in [0.29, 0.717) is 39.6 Å².